The summed E-state index contributed by atoms with van der Waals surface area (Å²) in [5, 5.41) is 3.27. The number of methoxy groups -OCH3 is 1. The minimum atomic E-state index is -3.82. The first-order chi connectivity index (χ1) is 19.2. The molecule has 0 saturated carbocycles. The summed E-state index contributed by atoms with van der Waals surface area (Å²) < 4.78 is 43.7. The van der Waals surface area contributed by atoms with Crippen molar-refractivity contribution < 1.29 is 36.7 Å². The third-order valence-corrected chi connectivity index (χ3v) is 8.97. The lowest BCUT2D eigenvalue weighted by Gasteiger charge is -2.28. The van der Waals surface area contributed by atoms with Crippen molar-refractivity contribution in [1.29, 1.82) is 0 Å². The van der Waals surface area contributed by atoms with Crippen molar-refractivity contribution in [1.82, 2.24) is 19.5 Å². The van der Waals surface area contributed by atoms with E-state index >= 15 is 0 Å². The Labute approximate surface area is 231 Å². The molecule has 0 radical (unpaired) electrons. The average Bonchev–Trinajstić information content (AvgIpc) is 3.63. The Balaban J connectivity index is 1.27. The van der Waals surface area contributed by atoms with Crippen LogP contribution in [0.25, 0.3) is 11.0 Å². The Kier molecular flexibility index (Phi) is 7.76. The Morgan fingerprint density at radius 2 is 2.08 bits per heavy atom. The summed E-state index contributed by atoms with van der Waals surface area (Å²) in [6.45, 7) is 1.75. The zero-order chi connectivity index (χ0) is 28.4. The van der Waals surface area contributed by atoms with Gasteiger partial charge in [0.05, 0.1) is 25.4 Å². The maximum atomic E-state index is 13.6. The Bertz CT molecular complexity index is 1520. The first-order valence-electron chi connectivity index (χ1n) is 13.0. The van der Waals surface area contributed by atoms with E-state index < -0.39 is 40.1 Å². The number of pyridine rings is 1. The number of aromatic nitrogens is 1. The molecule has 2 aliphatic rings. The first kappa shape index (κ1) is 27.6. The van der Waals surface area contributed by atoms with Crippen LogP contribution in [-0.4, -0.2) is 78.7 Å². The molecule has 4 heterocycles. The Hall–Kier alpha value is -3.97. The normalized spacial score (nSPS) is 19.9. The molecule has 212 valence electrons. The van der Waals surface area contributed by atoms with Crippen molar-refractivity contribution in [2.45, 2.75) is 50.1 Å². The van der Waals surface area contributed by atoms with Gasteiger partial charge < -0.3 is 24.1 Å². The number of Topliss-reactive ketones (excluding diaryl/α,β-unsaturated/α-hetero) is 1. The van der Waals surface area contributed by atoms with Gasteiger partial charge in [-0.2, -0.15) is 4.31 Å². The number of likely N-dealkylation sites (tertiary alicyclic amines) is 1. The number of sulfonamides is 1. The van der Waals surface area contributed by atoms with Crippen LogP contribution < -0.4 is 14.8 Å². The maximum Gasteiger partial charge on any atom is 0.415 e. The highest BCUT2D eigenvalue weighted by atomic mass is 32.2. The summed E-state index contributed by atoms with van der Waals surface area (Å²) in [6.07, 6.45) is 3.32. The lowest BCUT2D eigenvalue weighted by atomic mass is 10.1. The number of hydrogen-bond acceptors (Lipinski definition) is 9. The largest absolute Gasteiger partial charge is 0.493 e. The molecule has 12 nitrogen and oxygen atoms in total. The van der Waals surface area contributed by atoms with Crippen molar-refractivity contribution in [2.24, 2.45) is 0 Å². The van der Waals surface area contributed by atoms with E-state index in [4.69, 9.17) is 13.9 Å². The Morgan fingerprint density at radius 1 is 1.25 bits per heavy atom. The number of ether oxygens (including phenoxy) is 2. The molecule has 3 atom stereocenters. The van der Waals surface area contributed by atoms with Crippen molar-refractivity contribution in [3.8, 4) is 11.7 Å². The maximum absolute atomic E-state index is 13.6. The first-order valence-corrected chi connectivity index (χ1v) is 14.6. The molecule has 13 heteroatoms. The SMILES string of the molecule is CCCC(NC(=O)Oc1cc2cccc(OC)c2o1)C(=O)N1CCC2C1C(=O)CN2S(=O)(=O)Cc1cccnc1. The molecular weight excluding hydrogens is 540 g/mol. The molecule has 2 fully saturated rings. The standard InChI is InChI=1S/C27H30N4O8S/c1-3-6-19(29-27(34)39-23-13-18-8-4-9-22(37-2)25(18)38-23)26(33)30-12-10-20-24(30)21(32)15-31(20)40(35,36)16-17-7-5-11-28-14-17/h4-5,7-9,11,13-14,19-20,24H,3,6,10,12,15-16H2,1-2H3,(H,29,34). The van der Waals surface area contributed by atoms with Crippen molar-refractivity contribution in [2.75, 3.05) is 20.2 Å². The summed E-state index contributed by atoms with van der Waals surface area (Å²) in [6, 6.07) is 7.58. The number of benzene rings is 1. The fraction of sp³-hybridized carbons (Fsp3) is 0.407. The number of carbonyl (C=O) groups excluding carboxylic acids is 3. The number of nitrogens with one attached hydrogen (secondary N) is 1. The molecule has 2 amide bonds. The van der Waals surface area contributed by atoms with Crippen LogP contribution in [0, 0.1) is 0 Å². The summed E-state index contributed by atoms with van der Waals surface area (Å²) >= 11 is 0. The number of amides is 2. The number of nitrogens with zero attached hydrogens (tertiary/aromatic N) is 3. The quantitative estimate of drug-likeness (QED) is 0.410. The molecule has 3 unspecified atom stereocenters. The second-order valence-electron chi connectivity index (χ2n) is 9.78. The predicted molar refractivity (Wildman–Crippen MR) is 143 cm³/mol. The van der Waals surface area contributed by atoms with Crippen molar-refractivity contribution >= 4 is 38.8 Å². The summed E-state index contributed by atoms with van der Waals surface area (Å²) in [4.78, 5) is 44.7. The molecule has 2 saturated heterocycles. The predicted octanol–water partition coefficient (Wildman–Crippen LogP) is 2.48. The molecule has 0 spiro atoms. The summed E-state index contributed by atoms with van der Waals surface area (Å²) in [7, 11) is -2.33. The monoisotopic (exact) mass is 570 g/mol. The molecule has 2 aromatic heterocycles. The molecule has 1 N–H and O–H groups in total. The highest BCUT2D eigenvalue weighted by Gasteiger charge is 2.54. The van der Waals surface area contributed by atoms with Gasteiger partial charge in [0.1, 0.15) is 12.1 Å². The van der Waals surface area contributed by atoms with Gasteiger partial charge >= 0.3 is 6.09 Å². The third kappa shape index (κ3) is 5.39. The van der Waals surface area contributed by atoms with Crippen LogP contribution in [0.15, 0.2) is 53.2 Å². The number of hydrogen-bond donors (Lipinski definition) is 1. The van der Waals surface area contributed by atoms with E-state index in [-0.39, 0.29) is 30.6 Å². The zero-order valence-electron chi connectivity index (χ0n) is 22.1. The van der Waals surface area contributed by atoms with Crippen LogP contribution >= 0.6 is 0 Å². The molecule has 40 heavy (non-hydrogen) atoms. The van der Waals surface area contributed by atoms with Crippen LogP contribution in [0.5, 0.6) is 11.7 Å². The third-order valence-electron chi connectivity index (χ3n) is 7.16. The molecule has 0 aliphatic carbocycles. The number of ketones is 1. The van der Waals surface area contributed by atoms with E-state index in [0.29, 0.717) is 41.5 Å². The lowest BCUT2D eigenvalue weighted by Crippen LogP contribution is -2.53. The number of fused-ring (bicyclic) bond motifs is 2. The highest BCUT2D eigenvalue weighted by Crippen LogP contribution is 2.34. The molecular formula is C27H30N4O8S. The van der Waals surface area contributed by atoms with Crippen LogP contribution in [0.3, 0.4) is 0 Å². The van der Waals surface area contributed by atoms with Gasteiger partial charge in [0, 0.05) is 30.4 Å². The second-order valence-corrected chi connectivity index (χ2v) is 11.7. The van der Waals surface area contributed by atoms with Crippen LogP contribution in [0.4, 0.5) is 4.79 Å². The topological polar surface area (TPSA) is 148 Å². The van der Waals surface area contributed by atoms with Gasteiger partial charge in [-0.05, 0) is 30.5 Å². The Morgan fingerprint density at radius 3 is 2.80 bits per heavy atom. The molecule has 3 aromatic rings. The second kappa shape index (κ2) is 11.3. The number of carbonyl (C=O) groups is 3. The van der Waals surface area contributed by atoms with Gasteiger partial charge in [-0.15, -0.1) is 0 Å². The van der Waals surface area contributed by atoms with Gasteiger partial charge in [0.25, 0.3) is 5.95 Å². The van der Waals surface area contributed by atoms with Gasteiger partial charge in [0.2, 0.25) is 15.9 Å². The van der Waals surface area contributed by atoms with Gasteiger partial charge in [0.15, 0.2) is 17.1 Å². The number of furan rings is 1. The zero-order valence-corrected chi connectivity index (χ0v) is 22.9. The lowest BCUT2D eigenvalue weighted by molar-refractivity contribution is -0.138. The van der Waals surface area contributed by atoms with Crippen LogP contribution in [0.2, 0.25) is 0 Å². The van der Waals surface area contributed by atoms with Gasteiger partial charge in [-0.3, -0.25) is 14.6 Å². The van der Waals surface area contributed by atoms with Crippen LogP contribution in [-0.2, 0) is 25.4 Å². The van der Waals surface area contributed by atoms with Gasteiger partial charge in [-0.25, -0.2) is 13.2 Å². The summed E-state index contributed by atoms with van der Waals surface area (Å²) in [5.41, 5.74) is 0.929. The highest BCUT2D eigenvalue weighted by molar-refractivity contribution is 7.88. The van der Waals surface area contributed by atoms with E-state index in [1.54, 1.807) is 36.5 Å². The fourth-order valence-electron chi connectivity index (χ4n) is 5.39. The van der Waals surface area contributed by atoms with Crippen molar-refractivity contribution in [3.05, 3.63) is 54.4 Å². The molecule has 1 aromatic carbocycles. The van der Waals surface area contributed by atoms with E-state index in [2.05, 4.69) is 10.3 Å². The van der Waals surface area contributed by atoms with Crippen LogP contribution in [0.1, 0.15) is 31.7 Å². The minimum Gasteiger partial charge on any atom is -0.493 e. The van der Waals surface area contributed by atoms with Crippen molar-refractivity contribution in [3.63, 3.8) is 0 Å². The summed E-state index contributed by atoms with van der Waals surface area (Å²) in [5.74, 6) is -0.684. The molecule has 0 bridgehead atoms. The smallest absolute Gasteiger partial charge is 0.415 e. The number of rotatable bonds is 9. The molecule has 2 aliphatic heterocycles. The number of para-hydroxylation sites is 1. The average molecular weight is 571 g/mol. The fourth-order valence-corrected chi connectivity index (χ4v) is 7.11. The van der Waals surface area contributed by atoms with E-state index in [0.717, 1.165) is 0 Å². The van der Waals surface area contributed by atoms with E-state index in [1.807, 2.05) is 6.92 Å². The van der Waals surface area contributed by atoms with E-state index in [9.17, 15) is 22.8 Å². The van der Waals surface area contributed by atoms with E-state index in [1.165, 1.54) is 28.6 Å². The van der Waals surface area contributed by atoms with Gasteiger partial charge in [-0.1, -0.05) is 31.5 Å². The minimum absolute atomic E-state index is 0.0682. The molecule has 5 rings (SSSR count).